The minimum Gasteiger partial charge on any atom is -0.356 e. The molecule has 0 saturated heterocycles. The molecule has 1 aliphatic rings. The SMILES string of the molecule is CC[C@@H](N)N1CCc2ccc(Cl)cc21.Cl. The Hall–Kier alpha value is -0.440. The summed E-state index contributed by atoms with van der Waals surface area (Å²) in [5, 5.41) is 0.791. The van der Waals surface area contributed by atoms with Crippen molar-refractivity contribution in [3.8, 4) is 0 Å². The van der Waals surface area contributed by atoms with E-state index in [1.807, 2.05) is 12.1 Å². The topological polar surface area (TPSA) is 29.3 Å². The largest absolute Gasteiger partial charge is 0.356 e. The van der Waals surface area contributed by atoms with Gasteiger partial charge in [0.15, 0.2) is 0 Å². The molecule has 15 heavy (non-hydrogen) atoms. The van der Waals surface area contributed by atoms with Crippen molar-refractivity contribution in [3.05, 3.63) is 28.8 Å². The predicted molar refractivity (Wildman–Crippen MR) is 68.0 cm³/mol. The van der Waals surface area contributed by atoms with Gasteiger partial charge >= 0.3 is 0 Å². The quantitative estimate of drug-likeness (QED) is 0.870. The van der Waals surface area contributed by atoms with Gasteiger partial charge in [-0.3, -0.25) is 0 Å². The average molecular weight is 247 g/mol. The highest BCUT2D eigenvalue weighted by Gasteiger charge is 2.22. The summed E-state index contributed by atoms with van der Waals surface area (Å²) in [7, 11) is 0. The van der Waals surface area contributed by atoms with E-state index in [-0.39, 0.29) is 18.6 Å². The first kappa shape index (κ1) is 12.6. The van der Waals surface area contributed by atoms with E-state index in [1.165, 1.54) is 11.3 Å². The van der Waals surface area contributed by atoms with Gasteiger partial charge in [0.25, 0.3) is 0 Å². The van der Waals surface area contributed by atoms with Gasteiger partial charge in [-0.1, -0.05) is 24.6 Å². The highest BCUT2D eigenvalue weighted by atomic mass is 35.5. The fraction of sp³-hybridized carbons (Fsp3) is 0.455. The smallest absolute Gasteiger partial charge is 0.0768 e. The van der Waals surface area contributed by atoms with Crippen LogP contribution in [0, 0.1) is 0 Å². The molecule has 1 atom stereocenters. The van der Waals surface area contributed by atoms with Crippen LogP contribution in [0.5, 0.6) is 0 Å². The van der Waals surface area contributed by atoms with Crippen LogP contribution in [0.15, 0.2) is 18.2 Å². The maximum Gasteiger partial charge on any atom is 0.0768 e. The van der Waals surface area contributed by atoms with Crippen LogP contribution in [0.2, 0.25) is 5.02 Å². The Morgan fingerprint density at radius 2 is 2.27 bits per heavy atom. The van der Waals surface area contributed by atoms with Crippen molar-refractivity contribution in [1.82, 2.24) is 0 Å². The molecular formula is C11H16Cl2N2. The third-order valence-electron chi connectivity index (χ3n) is 2.80. The summed E-state index contributed by atoms with van der Waals surface area (Å²) in [6.07, 6.45) is 2.17. The van der Waals surface area contributed by atoms with Gasteiger partial charge in [-0.25, -0.2) is 0 Å². The van der Waals surface area contributed by atoms with Gasteiger partial charge in [0.2, 0.25) is 0 Å². The van der Waals surface area contributed by atoms with Crippen molar-refractivity contribution in [3.63, 3.8) is 0 Å². The first-order valence-corrected chi connectivity index (χ1v) is 5.41. The summed E-state index contributed by atoms with van der Waals surface area (Å²) in [5.41, 5.74) is 8.60. The van der Waals surface area contributed by atoms with Gasteiger partial charge < -0.3 is 10.6 Å². The lowest BCUT2D eigenvalue weighted by Gasteiger charge is -2.26. The molecule has 4 heteroatoms. The van der Waals surface area contributed by atoms with Crippen LogP contribution < -0.4 is 10.6 Å². The van der Waals surface area contributed by atoms with Crippen LogP contribution in [-0.2, 0) is 6.42 Å². The molecule has 0 saturated carbocycles. The van der Waals surface area contributed by atoms with E-state index in [9.17, 15) is 0 Å². The van der Waals surface area contributed by atoms with Crippen LogP contribution in [0.25, 0.3) is 0 Å². The number of hydrogen-bond acceptors (Lipinski definition) is 2. The molecule has 1 heterocycles. The van der Waals surface area contributed by atoms with Gasteiger partial charge in [-0.05, 0) is 30.5 Å². The molecule has 0 amide bonds. The normalized spacial score (nSPS) is 15.8. The fourth-order valence-electron chi connectivity index (χ4n) is 1.94. The van der Waals surface area contributed by atoms with Gasteiger partial charge in [-0.2, -0.15) is 0 Å². The molecule has 2 rings (SSSR count). The molecule has 0 aliphatic carbocycles. The Kier molecular flexibility index (Phi) is 4.26. The monoisotopic (exact) mass is 246 g/mol. The van der Waals surface area contributed by atoms with Crippen LogP contribution in [0.4, 0.5) is 5.69 Å². The van der Waals surface area contributed by atoms with Crippen molar-refractivity contribution in [2.24, 2.45) is 5.73 Å². The molecule has 0 unspecified atom stereocenters. The lowest BCUT2D eigenvalue weighted by molar-refractivity contribution is 0.610. The molecular weight excluding hydrogens is 231 g/mol. The summed E-state index contributed by atoms with van der Waals surface area (Å²) >= 11 is 5.97. The van der Waals surface area contributed by atoms with Gasteiger partial charge in [-0.15, -0.1) is 12.4 Å². The maximum absolute atomic E-state index is 6.03. The summed E-state index contributed by atoms with van der Waals surface area (Å²) in [5.74, 6) is 0. The standard InChI is InChI=1S/C11H15ClN2.ClH/c1-2-11(13)14-6-5-8-3-4-9(12)7-10(8)14;/h3-4,7,11H,2,5-6,13H2,1H3;1H/t11-;/m0./s1. The molecule has 1 aromatic rings. The summed E-state index contributed by atoms with van der Waals surface area (Å²) in [6, 6.07) is 6.06. The van der Waals surface area contributed by atoms with E-state index in [0.717, 1.165) is 24.4 Å². The lowest BCUT2D eigenvalue weighted by Crippen LogP contribution is -2.40. The Labute approximate surface area is 102 Å². The number of nitrogens with two attached hydrogens (primary N) is 1. The third kappa shape index (κ3) is 2.39. The molecule has 2 N–H and O–H groups in total. The van der Waals surface area contributed by atoms with Crippen molar-refractivity contribution >= 4 is 29.7 Å². The predicted octanol–water partition coefficient (Wildman–Crippen LogP) is 2.82. The highest BCUT2D eigenvalue weighted by molar-refractivity contribution is 6.30. The second kappa shape index (κ2) is 5.06. The van der Waals surface area contributed by atoms with E-state index < -0.39 is 0 Å². The van der Waals surface area contributed by atoms with Gasteiger partial charge in [0.05, 0.1) is 6.17 Å². The third-order valence-corrected chi connectivity index (χ3v) is 3.03. The molecule has 0 bridgehead atoms. The zero-order chi connectivity index (χ0) is 10.1. The minimum atomic E-state index is 0. The summed E-state index contributed by atoms with van der Waals surface area (Å²) in [6.45, 7) is 3.12. The molecule has 0 aromatic heterocycles. The number of halogens is 2. The maximum atomic E-state index is 6.03. The van der Waals surface area contributed by atoms with Crippen molar-refractivity contribution in [1.29, 1.82) is 0 Å². The van der Waals surface area contributed by atoms with Crippen LogP contribution in [0.1, 0.15) is 18.9 Å². The Morgan fingerprint density at radius 1 is 1.53 bits per heavy atom. The van der Waals surface area contributed by atoms with Crippen LogP contribution >= 0.6 is 24.0 Å². The molecule has 0 spiro atoms. The van der Waals surface area contributed by atoms with Crippen LogP contribution in [0.3, 0.4) is 0 Å². The first-order chi connectivity index (χ1) is 6.72. The van der Waals surface area contributed by atoms with Crippen LogP contribution in [-0.4, -0.2) is 12.7 Å². The molecule has 0 fully saturated rings. The van der Waals surface area contributed by atoms with Crippen molar-refractivity contribution < 1.29 is 0 Å². The average Bonchev–Trinajstić information content (AvgIpc) is 2.59. The van der Waals surface area contributed by atoms with Gasteiger partial charge in [0.1, 0.15) is 0 Å². The van der Waals surface area contributed by atoms with E-state index in [2.05, 4.69) is 17.9 Å². The number of fused-ring (bicyclic) bond motifs is 1. The number of benzene rings is 1. The molecule has 1 aromatic carbocycles. The van der Waals surface area contributed by atoms with E-state index in [0.29, 0.717) is 0 Å². The number of rotatable bonds is 2. The second-order valence-corrected chi connectivity index (χ2v) is 4.13. The molecule has 84 valence electrons. The highest BCUT2D eigenvalue weighted by Crippen LogP contribution is 2.31. The summed E-state index contributed by atoms with van der Waals surface area (Å²) in [4.78, 5) is 2.24. The Balaban J connectivity index is 0.00000112. The fourth-order valence-corrected chi connectivity index (χ4v) is 2.11. The van der Waals surface area contributed by atoms with E-state index in [4.69, 9.17) is 17.3 Å². The Bertz CT molecular complexity index is 341. The Morgan fingerprint density at radius 3 is 2.93 bits per heavy atom. The zero-order valence-corrected chi connectivity index (χ0v) is 10.3. The van der Waals surface area contributed by atoms with E-state index >= 15 is 0 Å². The molecule has 2 nitrogen and oxygen atoms in total. The second-order valence-electron chi connectivity index (χ2n) is 3.69. The zero-order valence-electron chi connectivity index (χ0n) is 8.74. The lowest BCUT2D eigenvalue weighted by atomic mass is 10.2. The molecule has 0 radical (unpaired) electrons. The number of hydrogen-bond donors (Lipinski definition) is 1. The number of nitrogens with zero attached hydrogens (tertiary/aromatic N) is 1. The van der Waals surface area contributed by atoms with E-state index in [1.54, 1.807) is 0 Å². The first-order valence-electron chi connectivity index (χ1n) is 5.03. The molecule has 1 aliphatic heterocycles. The number of anilines is 1. The van der Waals surface area contributed by atoms with Crippen molar-refractivity contribution in [2.45, 2.75) is 25.9 Å². The van der Waals surface area contributed by atoms with Gasteiger partial charge in [0, 0.05) is 17.3 Å². The summed E-state index contributed by atoms with van der Waals surface area (Å²) < 4.78 is 0. The minimum absolute atomic E-state index is 0. The van der Waals surface area contributed by atoms with Crippen molar-refractivity contribution in [2.75, 3.05) is 11.4 Å².